The van der Waals surface area contributed by atoms with Gasteiger partial charge in [-0.3, -0.25) is 9.48 Å². The molecular weight excluding hydrogens is 356 g/mol. The van der Waals surface area contributed by atoms with Crippen molar-refractivity contribution in [3.8, 4) is 11.5 Å². The van der Waals surface area contributed by atoms with Crippen LogP contribution in [0.15, 0.2) is 30.6 Å². The molecule has 0 aliphatic carbocycles. The zero-order valence-electron chi connectivity index (χ0n) is 17.1. The number of hydrogen-bond acceptors (Lipinski definition) is 5. The lowest BCUT2D eigenvalue weighted by atomic mass is 9.92. The van der Waals surface area contributed by atoms with Gasteiger partial charge in [-0.2, -0.15) is 5.10 Å². The number of rotatable bonds is 8. The van der Waals surface area contributed by atoms with Gasteiger partial charge < -0.3 is 20.1 Å². The summed E-state index contributed by atoms with van der Waals surface area (Å²) in [5, 5.41) is 11.2. The van der Waals surface area contributed by atoms with Gasteiger partial charge in [0.1, 0.15) is 0 Å². The van der Waals surface area contributed by atoms with E-state index in [1.54, 1.807) is 14.2 Å². The van der Waals surface area contributed by atoms with Gasteiger partial charge in [0.2, 0.25) is 5.91 Å². The van der Waals surface area contributed by atoms with Crippen molar-refractivity contribution in [2.45, 2.75) is 57.8 Å². The van der Waals surface area contributed by atoms with Gasteiger partial charge in [0, 0.05) is 36.8 Å². The van der Waals surface area contributed by atoms with Crippen LogP contribution in [0.4, 0.5) is 0 Å². The van der Waals surface area contributed by atoms with Crippen LogP contribution in [0.3, 0.4) is 0 Å². The first-order valence-corrected chi connectivity index (χ1v) is 9.82. The van der Waals surface area contributed by atoms with Crippen LogP contribution >= 0.6 is 0 Å². The number of ether oxygens (including phenoxy) is 2. The Hall–Kier alpha value is -2.54. The third-order valence-electron chi connectivity index (χ3n) is 5.23. The van der Waals surface area contributed by atoms with Crippen LogP contribution in [-0.2, 0) is 17.8 Å². The van der Waals surface area contributed by atoms with Crippen LogP contribution in [0.2, 0.25) is 0 Å². The standard InChI is InChI=1S/C21H30N4O3/c1-5-25-13-16(12-22-25)21-17(7-9-20(26)24-21)23-14(2)10-15-6-8-18(27-3)19(11-15)28-4/h6,8,11-14,17,21,23H,5,7,9-10H2,1-4H3,(H,24,26)/t14?,17-,21+/m1/s1. The number of piperidine rings is 1. The average Bonchev–Trinajstić information content (AvgIpc) is 3.18. The van der Waals surface area contributed by atoms with E-state index in [0.29, 0.717) is 6.42 Å². The van der Waals surface area contributed by atoms with E-state index in [4.69, 9.17) is 9.47 Å². The van der Waals surface area contributed by atoms with Crippen molar-refractivity contribution in [1.29, 1.82) is 0 Å². The lowest BCUT2D eigenvalue weighted by molar-refractivity contribution is -0.124. The highest BCUT2D eigenvalue weighted by Gasteiger charge is 2.31. The van der Waals surface area contributed by atoms with Gasteiger partial charge >= 0.3 is 0 Å². The normalized spacial score (nSPS) is 20.5. The SMILES string of the molecule is CCn1cc([C@@H]2NC(=O)CC[C@H]2NC(C)Cc2ccc(OC)c(OC)c2)cn1. The predicted molar refractivity (Wildman–Crippen MR) is 108 cm³/mol. The number of nitrogens with one attached hydrogen (secondary N) is 2. The third-order valence-corrected chi connectivity index (χ3v) is 5.23. The van der Waals surface area contributed by atoms with Gasteiger partial charge in [0.05, 0.1) is 26.5 Å². The fourth-order valence-electron chi connectivity index (χ4n) is 3.79. The minimum atomic E-state index is -0.0607. The molecule has 1 amide bonds. The molecule has 3 atom stereocenters. The van der Waals surface area contributed by atoms with Crippen LogP contribution < -0.4 is 20.1 Å². The summed E-state index contributed by atoms with van der Waals surface area (Å²) in [7, 11) is 3.29. The molecule has 0 bridgehead atoms. The van der Waals surface area contributed by atoms with E-state index in [2.05, 4.69) is 35.6 Å². The Morgan fingerprint density at radius 2 is 2.11 bits per heavy atom. The predicted octanol–water partition coefficient (Wildman–Crippen LogP) is 2.46. The third kappa shape index (κ3) is 4.65. The number of carbonyl (C=O) groups excluding carboxylic acids is 1. The zero-order chi connectivity index (χ0) is 20.1. The second kappa shape index (κ2) is 9.10. The molecule has 28 heavy (non-hydrogen) atoms. The van der Waals surface area contributed by atoms with Crippen molar-refractivity contribution in [2.24, 2.45) is 0 Å². The van der Waals surface area contributed by atoms with Crippen molar-refractivity contribution in [1.82, 2.24) is 20.4 Å². The van der Waals surface area contributed by atoms with Crippen molar-refractivity contribution in [3.63, 3.8) is 0 Å². The van der Waals surface area contributed by atoms with Gasteiger partial charge in [-0.05, 0) is 44.4 Å². The Kier molecular flexibility index (Phi) is 6.57. The van der Waals surface area contributed by atoms with Crippen LogP contribution in [0.25, 0.3) is 0 Å². The van der Waals surface area contributed by atoms with Crippen molar-refractivity contribution in [2.75, 3.05) is 14.2 Å². The van der Waals surface area contributed by atoms with Gasteiger partial charge in [-0.15, -0.1) is 0 Å². The summed E-state index contributed by atoms with van der Waals surface area (Å²) in [6.45, 7) is 5.03. The highest BCUT2D eigenvalue weighted by molar-refractivity contribution is 5.77. The number of amides is 1. The van der Waals surface area contributed by atoms with E-state index in [1.807, 2.05) is 29.2 Å². The summed E-state index contributed by atoms with van der Waals surface area (Å²) in [4.78, 5) is 12.0. The molecule has 1 fully saturated rings. The molecule has 2 aromatic rings. The van der Waals surface area contributed by atoms with Crippen LogP contribution in [0.1, 0.15) is 43.9 Å². The number of nitrogens with zero attached hydrogens (tertiary/aromatic N) is 2. The summed E-state index contributed by atoms with van der Waals surface area (Å²) < 4.78 is 12.6. The summed E-state index contributed by atoms with van der Waals surface area (Å²) in [6.07, 6.45) is 6.08. The van der Waals surface area contributed by atoms with E-state index in [0.717, 1.165) is 36.4 Å². The first-order valence-electron chi connectivity index (χ1n) is 9.82. The molecule has 1 saturated heterocycles. The van der Waals surface area contributed by atoms with Crippen molar-refractivity contribution in [3.05, 3.63) is 41.7 Å². The lowest BCUT2D eigenvalue weighted by Gasteiger charge is -2.34. The maximum absolute atomic E-state index is 12.0. The number of hydrogen-bond donors (Lipinski definition) is 2. The smallest absolute Gasteiger partial charge is 0.220 e. The maximum Gasteiger partial charge on any atom is 0.220 e. The number of carbonyl (C=O) groups is 1. The molecule has 152 valence electrons. The molecule has 1 aliphatic rings. The van der Waals surface area contributed by atoms with Gasteiger partial charge in [0.25, 0.3) is 0 Å². The maximum atomic E-state index is 12.0. The molecule has 0 radical (unpaired) electrons. The summed E-state index contributed by atoms with van der Waals surface area (Å²) in [5.74, 6) is 1.57. The van der Waals surface area contributed by atoms with E-state index in [9.17, 15) is 4.79 Å². The van der Waals surface area contributed by atoms with Crippen LogP contribution in [-0.4, -0.2) is 42.0 Å². The first kappa shape index (κ1) is 20.2. The van der Waals surface area contributed by atoms with Gasteiger partial charge in [0.15, 0.2) is 11.5 Å². The number of methoxy groups -OCH3 is 2. The lowest BCUT2D eigenvalue weighted by Crippen LogP contribution is -2.51. The molecule has 1 aromatic heterocycles. The second-order valence-corrected chi connectivity index (χ2v) is 7.28. The Bertz CT molecular complexity index is 805. The molecule has 3 rings (SSSR count). The highest BCUT2D eigenvalue weighted by atomic mass is 16.5. The fraction of sp³-hybridized carbons (Fsp3) is 0.524. The second-order valence-electron chi connectivity index (χ2n) is 7.28. The van der Waals surface area contributed by atoms with Crippen molar-refractivity contribution < 1.29 is 14.3 Å². The van der Waals surface area contributed by atoms with Gasteiger partial charge in [-0.1, -0.05) is 6.07 Å². The minimum Gasteiger partial charge on any atom is -0.493 e. The Balaban J connectivity index is 1.68. The van der Waals surface area contributed by atoms with Gasteiger partial charge in [-0.25, -0.2) is 0 Å². The quantitative estimate of drug-likeness (QED) is 0.729. The highest BCUT2D eigenvalue weighted by Crippen LogP contribution is 2.29. The molecule has 0 saturated carbocycles. The molecule has 7 heteroatoms. The fourth-order valence-corrected chi connectivity index (χ4v) is 3.79. The summed E-state index contributed by atoms with van der Waals surface area (Å²) in [6, 6.07) is 6.36. The van der Waals surface area contributed by atoms with E-state index >= 15 is 0 Å². The summed E-state index contributed by atoms with van der Waals surface area (Å²) in [5.41, 5.74) is 2.22. The first-order chi connectivity index (χ1) is 13.5. The Morgan fingerprint density at radius 1 is 1.32 bits per heavy atom. The monoisotopic (exact) mass is 386 g/mol. The molecule has 0 spiro atoms. The molecule has 1 aliphatic heterocycles. The van der Waals surface area contributed by atoms with Crippen molar-refractivity contribution >= 4 is 5.91 Å². The number of aryl methyl sites for hydroxylation is 1. The molecule has 1 aromatic carbocycles. The molecule has 1 unspecified atom stereocenters. The topological polar surface area (TPSA) is 77.4 Å². The Morgan fingerprint density at radius 3 is 2.79 bits per heavy atom. The van der Waals surface area contributed by atoms with Crippen LogP contribution in [0.5, 0.6) is 11.5 Å². The molecule has 7 nitrogen and oxygen atoms in total. The van der Waals surface area contributed by atoms with E-state index in [-0.39, 0.29) is 24.0 Å². The van der Waals surface area contributed by atoms with E-state index in [1.165, 1.54) is 5.56 Å². The average molecular weight is 386 g/mol. The molecule has 2 N–H and O–H groups in total. The minimum absolute atomic E-state index is 0.0607. The van der Waals surface area contributed by atoms with Crippen LogP contribution in [0, 0.1) is 0 Å². The molecular formula is C21H30N4O3. The summed E-state index contributed by atoms with van der Waals surface area (Å²) >= 11 is 0. The number of aromatic nitrogens is 2. The molecule has 2 heterocycles. The largest absolute Gasteiger partial charge is 0.493 e. The van der Waals surface area contributed by atoms with E-state index < -0.39 is 0 Å². The Labute approximate surface area is 166 Å². The number of benzene rings is 1. The zero-order valence-corrected chi connectivity index (χ0v) is 17.1.